The molecule has 19 heavy (non-hydrogen) atoms. The Labute approximate surface area is 126 Å². The Bertz CT molecular complexity index is 237. The minimum atomic E-state index is 0.824. The number of thiol groups is 1. The largest absolute Gasteiger partial charge is 0.300 e. The molecule has 2 nitrogen and oxygen atoms in total. The maximum Gasteiger partial charge on any atom is 0.130 e. The molecule has 2 atom stereocenters. The van der Waals surface area contributed by atoms with E-state index in [4.69, 9.17) is 5.26 Å². The summed E-state index contributed by atoms with van der Waals surface area (Å²) in [5.41, 5.74) is 0. The van der Waals surface area contributed by atoms with Gasteiger partial charge in [-0.1, -0.05) is 58.6 Å². The summed E-state index contributed by atoms with van der Waals surface area (Å²) < 4.78 is 0. The lowest BCUT2D eigenvalue weighted by molar-refractivity contribution is 0.112. The van der Waals surface area contributed by atoms with Crippen LogP contribution in [0.1, 0.15) is 72.1 Å². The molecular weight excluding hydrogens is 252 g/mol. The zero-order valence-electron chi connectivity index (χ0n) is 13.1. The lowest BCUT2D eigenvalue weighted by atomic mass is 9.92. The fourth-order valence-corrected chi connectivity index (χ4v) is 2.83. The topological polar surface area (TPSA) is 27.0 Å². The van der Waals surface area contributed by atoms with E-state index in [1.807, 2.05) is 0 Å². The maximum atomic E-state index is 7.18. The number of likely N-dealkylation sites (tertiary alicyclic amines) is 1. The summed E-state index contributed by atoms with van der Waals surface area (Å²) in [6.45, 7) is 9.81. The van der Waals surface area contributed by atoms with Gasteiger partial charge in [-0.05, 0) is 45.2 Å². The molecule has 0 spiro atoms. The van der Waals surface area contributed by atoms with E-state index >= 15 is 0 Å². The Morgan fingerprint density at radius 3 is 2.37 bits per heavy atom. The predicted octanol–water partition coefficient (Wildman–Crippen LogP) is 4.86. The molecule has 2 unspecified atom stereocenters. The first-order valence-corrected chi connectivity index (χ1v) is 8.39. The van der Waals surface area contributed by atoms with Gasteiger partial charge in [0.05, 0.1) is 0 Å². The van der Waals surface area contributed by atoms with E-state index in [0.717, 1.165) is 12.0 Å². The molecule has 3 heteroatoms. The van der Waals surface area contributed by atoms with Crippen LogP contribution in [0.25, 0.3) is 0 Å². The number of unbranched alkanes of at least 4 members (excludes halogenated alkanes) is 5. The molecule has 1 rings (SSSR count). The van der Waals surface area contributed by atoms with Gasteiger partial charge in [-0.3, -0.25) is 0 Å². The minimum Gasteiger partial charge on any atom is -0.300 e. The quantitative estimate of drug-likeness (QED) is 0.410. The third kappa shape index (κ3) is 9.35. The standard InChI is InChI=1S/C15H31N.CHNS/c1-4-5-6-7-8-9-12-16-13-10-11-14(2)15(16)3;2-1-3/h14-15H,4-13H2,1-3H3;3H. The average molecular weight is 285 g/mol. The molecule has 1 saturated heterocycles. The number of rotatable bonds is 7. The first kappa shape index (κ1) is 18.8. The zero-order chi connectivity index (χ0) is 14.5. The van der Waals surface area contributed by atoms with Gasteiger partial charge < -0.3 is 4.90 Å². The average Bonchev–Trinajstić information content (AvgIpc) is 2.39. The fraction of sp³-hybridized carbons (Fsp3) is 0.938. The molecule has 112 valence electrons. The molecule has 0 aliphatic carbocycles. The highest BCUT2D eigenvalue weighted by Gasteiger charge is 2.23. The van der Waals surface area contributed by atoms with E-state index in [-0.39, 0.29) is 0 Å². The van der Waals surface area contributed by atoms with E-state index in [9.17, 15) is 0 Å². The van der Waals surface area contributed by atoms with Crippen molar-refractivity contribution in [1.82, 2.24) is 4.90 Å². The van der Waals surface area contributed by atoms with Crippen LogP contribution in [0.15, 0.2) is 0 Å². The molecule has 0 amide bonds. The normalized spacial score (nSPS) is 23.3. The summed E-state index contributed by atoms with van der Waals surface area (Å²) >= 11 is 3.09. The highest BCUT2D eigenvalue weighted by atomic mass is 32.1. The summed E-state index contributed by atoms with van der Waals surface area (Å²) in [5.74, 6) is 0.911. The second kappa shape index (κ2) is 12.8. The molecule has 0 aromatic carbocycles. The van der Waals surface area contributed by atoms with Gasteiger partial charge in [0.2, 0.25) is 0 Å². The second-order valence-corrected chi connectivity index (χ2v) is 5.96. The number of nitriles is 1. The van der Waals surface area contributed by atoms with Crippen molar-refractivity contribution in [2.75, 3.05) is 13.1 Å². The van der Waals surface area contributed by atoms with Crippen LogP contribution in [0.2, 0.25) is 0 Å². The van der Waals surface area contributed by atoms with Crippen LogP contribution in [-0.4, -0.2) is 24.0 Å². The van der Waals surface area contributed by atoms with E-state index in [2.05, 4.69) is 38.3 Å². The van der Waals surface area contributed by atoms with E-state index in [0.29, 0.717) is 0 Å². The third-order valence-electron chi connectivity index (χ3n) is 4.30. The van der Waals surface area contributed by atoms with Crippen LogP contribution < -0.4 is 0 Å². The lowest BCUT2D eigenvalue weighted by Crippen LogP contribution is -2.42. The second-order valence-electron chi connectivity index (χ2n) is 5.76. The Kier molecular flexibility index (Phi) is 12.7. The molecule has 1 fully saturated rings. The Hall–Kier alpha value is -0.200. The van der Waals surface area contributed by atoms with Gasteiger partial charge in [-0.15, -0.1) is 0 Å². The summed E-state index contributed by atoms with van der Waals surface area (Å²) in [6, 6.07) is 0.824. The molecule has 0 aromatic heterocycles. The van der Waals surface area contributed by atoms with E-state index in [1.165, 1.54) is 69.9 Å². The Morgan fingerprint density at radius 1 is 1.16 bits per heavy atom. The van der Waals surface area contributed by atoms with Gasteiger partial charge in [0.1, 0.15) is 5.40 Å². The van der Waals surface area contributed by atoms with Crippen LogP contribution in [0, 0.1) is 16.6 Å². The number of piperidine rings is 1. The molecule has 0 bridgehead atoms. The number of hydrogen-bond acceptors (Lipinski definition) is 3. The van der Waals surface area contributed by atoms with Crippen molar-refractivity contribution < 1.29 is 0 Å². The Morgan fingerprint density at radius 2 is 1.74 bits per heavy atom. The van der Waals surface area contributed by atoms with E-state index < -0.39 is 0 Å². The minimum absolute atomic E-state index is 0.824. The molecule has 1 aliphatic heterocycles. The molecule has 1 heterocycles. The van der Waals surface area contributed by atoms with Gasteiger partial charge in [-0.25, -0.2) is 0 Å². The zero-order valence-corrected chi connectivity index (χ0v) is 14.0. The van der Waals surface area contributed by atoms with Gasteiger partial charge in [0, 0.05) is 6.04 Å². The number of hydrogen-bond donors (Lipinski definition) is 1. The monoisotopic (exact) mass is 284 g/mol. The van der Waals surface area contributed by atoms with Crippen LogP contribution in [-0.2, 0) is 0 Å². The highest BCUT2D eigenvalue weighted by molar-refractivity contribution is 7.85. The molecule has 0 aromatic rings. The van der Waals surface area contributed by atoms with Crippen LogP contribution in [0.4, 0.5) is 0 Å². The van der Waals surface area contributed by atoms with Crippen LogP contribution in [0.5, 0.6) is 0 Å². The molecule has 0 radical (unpaired) electrons. The van der Waals surface area contributed by atoms with Crippen molar-refractivity contribution in [3.8, 4) is 5.40 Å². The van der Waals surface area contributed by atoms with Gasteiger partial charge in [-0.2, -0.15) is 5.26 Å². The highest BCUT2D eigenvalue weighted by Crippen LogP contribution is 2.23. The maximum absolute atomic E-state index is 7.18. The Balaban J connectivity index is 0.000000982. The van der Waals surface area contributed by atoms with E-state index in [1.54, 1.807) is 0 Å². The smallest absolute Gasteiger partial charge is 0.130 e. The molecule has 0 saturated carbocycles. The summed E-state index contributed by atoms with van der Waals surface area (Å²) in [5, 5.41) is 8.63. The van der Waals surface area contributed by atoms with Crippen molar-refractivity contribution >= 4 is 12.6 Å². The van der Waals surface area contributed by atoms with Crippen LogP contribution in [0.3, 0.4) is 0 Å². The van der Waals surface area contributed by atoms with Gasteiger partial charge in [0.25, 0.3) is 0 Å². The first-order chi connectivity index (χ1) is 9.17. The molecular formula is C16H32N2S. The van der Waals surface area contributed by atoms with Crippen molar-refractivity contribution in [2.45, 2.75) is 78.2 Å². The SMILES string of the molecule is CCCCCCCCN1CCCC(C)C1C.N#CS. The van der Waals surface area contributed by atoms with Crippen molar-refractivity contribution in [3.63, 3.8) is 0 Å². The van der Waals surface area contributed by atoms with Gasteiger partial charge >= 0.3 is 0 Å². The fourth-order valence-electron chi connectivity index (χ4n) is 2.83. The summed E-state index contributed by atoms with van der Waals surface area (Å²) in [6.07, 6.45) is 11.4. The molecule has 1 aliphatic rings. The van der Waals surface area contributed by atoms with Gasteiger partial charge in [0.15, 0.2) is 0 Å². The third-order valence-corrected chi connectivity index (χ3v) is 4.30. The lowest BCUT2D eigenvalue weighted by Gasteiger charge is -2.37. The summed E-state index contributed by atoms with van der Waals surface area (Å²) in [7, 11) is 0. The van der Waals surface area contributed by atoms with Crippen molar-refractivity contribution in [3.05, 3.63) is 0 Å². The predicted molar refractivity (Wildman–Crippen MR) is 87.4 cm³/mol. The van der Waals surface area contributed by atoms with Crippen LogP contribution >= 0.6 is 12.6 Å². The van der Waals surface area contributed by atoms with Crippen molar-refractivity contribution in [1.29, 1.82) is 5.26 Å². The van der Waals surface area contributed by atoms with Crippen molar-refractivity contribution in [2.24, 2.45) is 5.92 Å². The number of nitrogens with zero attached hydrogens (tertiary/aromatic N) is 2. The number of thiocyanates is 1. The summed E-state index contributed by atoms with van der Waals surface area (Å²) in [4.78, 5) is 2.72. The first-order valence-electron chi connectivity index (χ1n) is 7.94. The molecule has 0 N–H and O–H groups in total.